The zero-order valence-corrected chi connectivity index (χ0v) is 7.93. The van der Waals surface area contributed by atoms with Gasteiger partial charge in [0.1, 0.15) is 0 Å². The Kier molecular flexibility index (Phi) is 3.28. The number of carbonyl (C=O) groups is 1. The Bertz CT molecular complexity index is 363. The van der Waals surface area contributed by atoms with Crippen molar-refractivity contribution in [1.29, 1.82) is 0 Å². The minimum Gasteiger partial charge on any atom is -0.352 e. The van der Waals surface area contributed by atoms with E-state index in [-0.39, 0.29) is 18.0 Å². The van der Waals surface area contributed by atoms with Gasteiger partial charge in [-0.15, -0.1) is 0 Å². The summed E-state index contributed by atoms with van der Waals surface area (Å²) in [6.07, 6.45) is -2.25. The summed E-state index contributed by atoms with van der Waals surface area (Å²) in [4.78, 5) is 14.2. The molecule has 0 aliphatic carbocycles. The Balaban J connectivity index is 2.92. The van der Waals surface area contributed by atoms with Crippen molar-refractivity contribution in [3.05, 3.63) is 29.6 Å². The number of alkyl halides is 3. The first-order valence-corrected chi connectivity index (χ1v) is 4.16. The molecule has 1 aromatic rings. The third-order valence-electron chi connectivity index (χ3n) is 1.74. The molecule has 0 aliphatic rings. The molecule has 0 saturated carbocycles. The van der Waals surface area contributed by atoms with Gasteiger partial charge >= 0.3 is 6.18 Å². The summed E-state index contributed by atoms with van der Waals surface area (Å²) >= 11 is 0. The molecule has 82 valence electrons. The van der Waals surface area contributed by atoms with Crippen LogP contribution in [0.1, 0.15) is 18.1 Å². The average molecular weight is 218 g/mol. The lowest BCUT2D eigenvalue weighted by molar-refractivity contribution is -0.138. The summed E-state index contributed by atoms with van der Waals surface area (Å²) < 4.78 is 37.3. The predicted molar refractivity (Wildman–Crippen MR) is 46.8 cm³/mol. The van der Waals surface area contributed by atoms with Crippen molar-refractivity contribution in [3.8, 4) is 0 Å². The van der Waals surface area contributed by atoms with E-state index in [1.54, 1.807) is 0 Å². The maximum atomic E-state index is 12.4. The topological polar surface area (TPSA) is 42.0 Å². The molecule has 0 saturated heterocycles. The SMILES string of the molecule is CC(=O)NCc1cnccc1C(F)(F)F. The molecule has 0 aliphatic heterocycles. The van der Waals surface area contributed by atoms with Gasteiger partial charge in [-0.3, -0.25) is 9.78 Å². The van der Waals surface area contributed by atoms with Crippen molar-refractivity contribution < 1.29 is 18.0 Å². The summed E-state index contributed by atoms with van der Waals surface area (Å²) in [6.45, 7) is 1.07. The number of carbonyl (C=O) groups excluding carboxylic acids is 1. The fourth-order valence-electron chi connectivity index (χ4n) is 1.06. The van der Waals surface area contributed by atoms with E-state index in [2.05, 4.69) is 10.3 Å². The molecule has 6 heteroatoms. The second kappa shape index (κ2) is 4.29. The van der Waals surface area contributed by atoms with Crippen molar-refractivity contribution in [2.45, 2.75) is 19.6 Å². The number of pyridine rings is 1. The van der Waals surface area contributed by atoms with Gasteiger partial charge in [-0.1, -0.05) is 0 Å². The van der Waals surface area contributed by atoms with Crippen LogP contribution in [-0.2, 0) is 17.5 Å². The fourth-order valence-corrected chi connectivity index (χ4v) is 1.06. The third kappa shape index (κ3) is 3.23. The molecule has 1 rings (SSSR count). The van der Waals surface area contributed by atoms with Crippen LogP contribution < -0.4 is 5.32 Å². The lowest BCUT2D eigenvalue weighted by atomic mass is 10.1. The minimum atomic E-state index is -4.42. The number of hydrogen-bond acceptors (Lipinski definition) is 2. The van der Waals surface area contributed by atoms with Crippen molar-refractivity contribution >= 4 is 5.91 Å². The molecule has 15 heavy (non-hydrogen) atoms. The van der Waals surface area contributed by atoms with Crippen molar-refractivity contribution in [2.75, 3.05) is 0 Å². The molecule has 0 radical (unpaired) electrons. The fraction of sp³-hybridized carbons (Fsp3) is 0.333. The first-order chi connectivity index (χ1) is 6.91. The molecule has 0 atom stereocenters. The highest BCUT2D eigenvalue weighted by atomic mass is 19.4. The number of aromatic nitrogens is 1. The summed E-state index contributed by atoms with van der Waals surface area (Å²) in [5.74, 6) is -0.382. The summed E-state index contributed by atoms with van der Waals surface area (Å²) in [5, 5.41) is 2.30. The van der Waals surface area contributed by atoms with Crippen molar-refractivity contribution in [1.82, 2.24) is 10.3 Å². The van der Waals surface area contributed by atoms with Gasteiger partial charge in [0, 0.05) is 31.4 Å². The van der Waals surface area contributed by atoms with E-state index in [1.165, 1.54) is 6.92 Å². The van der Waals surface area contributed by atoms with E-state index in [9.17, 15) is 18.0 Å². The van der Waals surface area contributed by atoms with E-state index in [0.29, 0.717) is 0 Å². The average Bonchev–Trinajstić information content (AvgIpc) is 2.13. The van der Waals surface area contributed by atoms with E-state index in [1.807, 2.05) is 0 Å². The Hall–Kier alpha value is -1.59. The minimum absolute atomic E-state index is 0.0415. The standard InChI is InChI=1S/C9H9F3N2O/c1-6(15)14-5-7-4-13-3-2-8(7)9(10,11)12/h2-4H,5H2,1H3,(H,14,15). The summed E-state index contributed by atoms with van der Waals surface area (Å²) in [6, 6.07) is 0.886. The highest BCUT2D eigenvalue weighted by Gasteiger charge is 2.33. The second-order valence-electron chi connectivity index (χ2n) is 2.94. The molecule has 0 unspecified atom stereocenters. The van der Waals surface area contributed by atoms with E-state index in [0.717, 1.165) is 18.5 Å². The number of rotatable bonds is 2. The highest BCUT2D eigenvalue weighted by Crippen LogP contribution is 2.31. The van der Waals surface area contributed by atoms with Crippen LogP contribution in [0, 0.1) is 0 Å². The highest BCUT2D eigenvalue weighted by molar-refractivity contribution is 5.72. The first-order valence-electron chi connectivity index (χ1n) is 4.16. The Labute approximate surface area is 84.3 Å². The smallest absolute Gasteiger partial charge is 0.352 e. The molecule has 1 aromatic heterocycles. The van der Waals surface area contributed by atoms with Crippen LogP contribution in [0.15, 0.2) is 18.5 Å². The molecule has 3 nitrogen and oxygen atoms in total. The van der Waals surface area contributed by atoms with E-state index < -0.39 is 11.7 Å². The molecule has 1 amide bonds. The number of nitrogens with zero attached hydrogens (tertiary/aromatic N) is 1. The van der Waals surface area contributed by atoms with Crippen LogP contribution in [0.4, 0.5) is 13.2 Å². The summed E-state index contributed by atoms with van der Waals surface area (Å²) in [7, 11) is 0. The quantitative estimate of drug-likeness (QED) is 0.821. The molecule has 0 fully saturated rings. The lowest BCUT2D eigenvalue weighted by Crippen LogP contribution is -2.21. The van der Waals surface area contributed by atoms with Crippen molar-refractivity contribution in [2.24, 2.45) is 0 Å². The van der Waals surface area contributed by atoms with Crippen LogP contribution in [0.2, 0.25) is 0 Å². The molecule has 0 bridgehead atoms. The summed E-state index contributed by atoms with van der Waals surface area (Å²) in [5.41, 5.74) is -0.813. The van der Waals surface area contributed by atoms with Crippen LogP contribution in [-0.4, -0.2) is 10.9 Å². The number of nitrogens with one attached hydrogen (secondary N) is 1. The largest absolute Gasteiger partial charge is 0.416 e. The van der Waals surface area contributed by atoms with E-state index >= 15 is 0 Å². The second-order valence-corrected chi connectivity index (χ2v) is 2.94. The number of amides is 1. The Morgan fingerprint density at radius 3 is 2.73 bits per heavy atom. The van der Waals surface area contributed by atoms with Gasteiger partial charge in [-0.05, 0) is 6.07 Å². The van der Waals surface area contributed by atoms with Gasteiger partial charge in [-0.25, -0.2) is 0 Å². The zero-order chi connectivity index (χ0) is 11.5. The van der Waals surface area contributed by atoms with Gasteiger partial charge in [0.05, 0.1) is 5.56 Å². The Morgan fingerprint density at radius 1 is 1.53 bits per heavy atom. The van der Waals surface area contributed by atoms with Gasteiger partial charge in [-0.2, -0.15) is 13.2 Å². The van der Waals surface area contributed by atoms with Gasteiger partial charge < -0.3 is 5.32 Å². The zero-order valence-electron chi connectivity index (χ0n) is 7.93. The molecular formula is C9H9F3N2O. The third-order valence-corrected chi connectivity index (χ3v) is 1.74. The predicted octanol–water partition coefficient (Wildman–Crippen LogP) is 1.74. The maximum absolute atomic E-state index is 12.4. The molecule has 0 aromatic carbocycles. The van der Waals surface area contributed by atoms with E-state index in [4.69, 9.17) is 0 Å². The molecule has 1 N–H and O–H groups in total. The van der Waals surface area contributed by atoms with Crippen LogP contribution in [0.25, 0.3) is 0 Å². The molecular weight excluding hydrogens is 209 g/mol. The number of hydrogen-bond donors (Lipinski definition) is 1. The maximum Gasteiger partial charge on any atom is 0.416 e. The van der Waals surface area contributed by atoms with Gasteiger partial charge in [0.2, 0.25) is 5.91 Å². The lowest BCUT2D eigenvalue weighted by Gasteiger charge is -2.11. The van der Waals surface area contributed by atoms with Crippen LogP contribution in [0.5, 0.6) is 0 Å². The van der Waals surface area contributed by atoms with Gasteiger partial charge in [0.15, 0.2) is 0 Å². The molecule has 0 spiro atoms. The van der Waals surface area contributed by atoms with Crippen LogP contribution in [0.3, 0.4) is 0 Å². The van der Waals surface area contributed by atoms with Gasteiger partial charge in [0.25, 0.3) is 0 Å². The normalized spacial score (nSPS) is 11.2. The van der Waals surface area contributed by atoms with Crippen LogP contribution >= 0.6 is 0 Å². The molecule has 1 heterocycles. The first kappa shape index (κ1) is 11.5. The number of halogens is 3. The van der Waals surface area contributed by atoms with Crippen molar-refractivity contribution in [3.63, 3.8) is 0 Å². The Morgan fingerprint density at radius 2 is 2.20 bits per heavy atom. The monoisotopic (exact) mass is 218 g/mol.